The Balaban J connectivity index is 1.77. The van der Waals surface area contributed by atoms with E-state index in [0.717, 1.165) is 23.5 Å². The van der Waals surface area contributed by atoms with Crippen molar-refractivity contribution in [3.63, 3.8) is 0 Å². The average Bonchev–Trinajstić information content (AvgIpc) is 3.10. The third-order valence-electron chi connectivity index (χ3n) is 5.02. The summed E-state index contributed by atoms with van der Waals surface area (Å²) in [6, 6.07) is 20.1. The third kappa shape index (κ3) is 3.98. The zero-order valence-electron chi connectivity index (χ0n) is 16.6. The van der Waals surface area contributed by atoms with Gasteiger partial charge in [0.2, 0.25) is 0 Å². The summed E-state index contributed by atoms with van der Waals surface area (Å²) >= 11 is 0. The van der Waals surface area contributed by atoms with Crippen LogP contribution in [0.25, 0.3) is 11.4 Å². The number of aromatic nitrogens is 2. The zero-order chi connectivity index (χ0) is 20.2. The molecule has 1 N–H and O–H groups in total. The number of carbonyl (C=O) groups is 1. The third-order valence-corrected chi connectivity index (χ3v) is 5.02. The highest BCUT2D eigenvalue weighted by atomic mass is 16.5. The van der Waals surface area contributed by atoms with Gasteiger partial charge in [0.05, 0.1) is 6.61 Å². The average molecular weight is 388 g/mol. The van der Waals surface area contributed by atoms with Crippen LogP contribution in [0, 0.1) is 0 Å². The van der Waals surface area contributed by atoms with Gasteiger partial charge in [0, 0.05) is 37.0 Å². The van der Waals surface area contributed by atoms with Gasteiger partial charge in [-0.15, -0.1) is 0 Å². The van der Waals surface area contributed by atoms with Crippen LogP contribution in [0.3, 0.4) is 0 Å². The molecule has 0 radical (unpaired) electrons. The van der Waals surface area contributed by atoms with Crippen LogP contribution in [-0.2, 0) is 11.2 Å². The Morgan fingerprint density at radius 3 is 2.69 bits per heavy atom. The summed E-state index contributed by atoms with van der Waals surface area (Å²) in [6.45, 7) is 3.05. The van der Waals surface area contributed by atoms with Crippen molar-refractivity contribution >= 4 is 17.4 Å². The van der Waals surface area contributed by atoms with Crippen LogP contribution < -0.4 is 10.2 Å². The molecule has 0 aliphatic carbocycles. The van der Waals surface area contributed by atoms with Crippen molar-refractivity contribution in [3.8, 4) is 11.4 Å². The molecule has 1 unspecified atom stereocenters. The first-order valence-corrected chi connectivity index (χ1v) is 9.76. The van der Waals surface area contributed by atoms with E-state index in [2.05, 4.69) is 40.3 Å². The number of ether oxygens (including phenoxy) is 1. The second-order valence-electron chi connectivity index (χ2n) is 7.10. The first-order valence-electron chi connectivity index (χ1n) is 9.76. The van der Waals surface area contributed by atoms with Crippen molar-refractivity contribution in [1.29, 1.82) is 0 Å². The number of para-hydroxylation sites is 1. The molecule has 1 aromatic heterocycles. The van der Waals surface area contributed by atoms with Crippen LogP contribution in [0.4, 0.5) is 11.5 Å². The highest BCUT2D eigenvalue weighted by molar-refractivity contribution is 5.93. The maximum atomic E-state index is 12.7. The minimum Gasteiger partial charge on any atom is -0.383 e. The molecule has 3 aromatic rings. The quantitative estimate of drug-likeness (QED) is 0.654. The van der Waals surface area contributed by atoms with Crippen LogP contribution in [-0.4, -0.2) is 42.2 Å². The summed E-state index contributed by atoms with van der Waals surface area (Å²) in [6.07, 6.45) is 0.941. The summed E-state index contributed by atoms with van der Waals surface area (Å²) in [7, 11) is 1.61. The summed E-state index contributed by atoms with van der Waals surface area (Å²) in [5.41, 5.74) is 3.64. The van der Waals surface area contributed by atoms with Gasteiger partial charge < -0.3 is 15.0 Å². The second kappa shape index (κ2) is 8.41. The van der Waals surface area contributed by atoms with Gasteiger partial charge in [0.25, 0.3) is 5.91 Å². The molecule has 148 valence electrons. The van der Waals surface area contributed by atoms with Gasteiger partial charge in [-0.3, -0.25) is 4.79 Å². The number of nitrogens with zero attached hydrogens (tertiary/aromatic N) is 3. The number of fused-ring (bicyclic) bond motifs is 1. The molecule has 0 spiro atoms. The molecular weight excluding hydrogens is 364 g/mol. The first-order chi connectivity index (χ1) is 14.2. The van der Waals surface area contributed by atoms with Crippen molar-refractivity contribution in [2.24, 2.45) is 0 Å². The summed E-state index contributed by atoms with van der Waals surface area (Å²) in [5.74, 6) is 1.03. The van der Waals surface area contributed by atoms with Gasteiger partial charge >= 0.3 is 0 Å². The topological polar surface area (TPSA) is 67.3 Å². The number of anilines is 2. The lowest BCUT2D eigenvalue weighted by atomic mass is 10.1. The smallest absolute Gasteiger partial charge is 0.270 e. The van der Waals surface area contributed by atoms with Gasteiger partial charge in [0.1, 0.15) is 11.5 Å². The Bertz CT molecular complexity index is 1010. The van der Waals surface area contributed by atoms with Crippen molar-refractivity contribution < 1.29 is 9.53 Å². The van der Waals surface area contributed by atoms with Crippen LogP contribution in [0.15, 0.2) is 60.7 Å². The molecule has 0 fully saturated rings. The van der Waals surface area contributed by atoms with Crippen molar-refractivity contribution in [2.75, 3.05) is 25.2 Å². The minimum absolute atomic E-state index is 0.233. The molecule has 1 atom stereocenters. The van der Waals surface area contributed by atoms with E-state index >= 15 is 0 Å². The van der Waals surface area contributed by atoms with Crippen molar-refractivity contribution in [1.82, 2.24) is 15.3 Å². The number of hydrogen-bond acceptors (Lipinski definition) is 5. The highest BCUT2D eigenvalue weighted by Crippen LogP contribution is 2.37. The van der Waals surface area contributed by atoms with Gasteiger partial charge in [-0.25, -0.2) is 9.97 Å². The molecule has 2 aromatic carbocycles. The van der Waals surface area contributed by atoms with Crippen molar-refractivity contribution in [2.45, 2.75) is 19.4 Å². The molecule has 6 heteroatoms. The minimum atomic E-state index is -0.233. The van der Waals surface area contributed by atoms with E-state index in [0.29, 0.717) is 24.7 Å². The fourth-order valence-corrected chi connectivity index (χ4v) is 3.66. The van der Waals surface area contributed by atoms with Gasteiger partial charge in [-0.1, -0.05) is 48.5 Å². The Hall–Kier alpha value is -3.25. The van der Waals surface area contributed by atoms with E-state index < -0.39 is 0 Å². The monoisotopic (exact) mass is 388 g/mol. The SMILES string of the molecule is COCCNC(=O)c1cc(N2c3ccccc3CC2C)nc(-c2ccccc2)n1. The Labute approximate surface area is 170 Å². The standard InChI is InChI=1S/C23H24N4O2/c1-16-14-18-10-6-7-11-20(18)27(16)21-15-19(23(28)24-12-13-29-2)25-22(26-21)17-8-4-3-5-9-17/h3-11,15-16H,12-14H2,1-2H3,(H,24,28). The van der Waals surface area contributed by atoms with Crippen LogP contribution in [0.1, 0.15) is 23.0 Å². The van der Waals surface area contributed by atoms with Crippen LogP contribution in [0.2, 0.25) is 0 Å². The maximum absolute atomic E-state index is 12.7. The van der Waals surface area contributed by atoms with E-state index in [-0.39, 0.29) is 11.9 Å². The molecule has 1 aliphatic heterocycles. The first kappa shape index (κ1) is 19.1. The summed E-state index contributed by atoms with van der Waals surface area (Å²) in [4.78, 5) is 24.3. The molecule has 1 aliphatic rings. The number of rotatable bonds is 6. The van der Waals surface area contributed by atoms with E-state index in [9.17, 15) is 4.79 Å². The largest absolute Gasteiger partial charge is 0.383 e. The Morgan fingerprint density at radius 2 is 1.90 bits per heavy atom. The number of nitrogens with one attached hydrogen (secondary N) is 1. The number of methoxy groups -OCH3 is 1. The lowest BCUT2D eigenvalue weighted by Crippen LogP contribution is -2.29. The van der Waals surface area contributed by atoms with Crippen molar-refractivity contribution in [3.05, 3.63) is 71.9 Å². The molecule has 1 amide bonds. The molecule has 6 nitrogen and oxygen atoms in total. The lowest BCUT2D eigenvalue weighted by Gasteiger charge is -2.24. The van der Waals surface area contributed by atoms with E-state index in [1.807, 2.05) is 36.4 Å². The van der Waals surface area contributed by atoms with Crippen LogP contribution in [0.5, 0.6) is 0 Å². The lowest BCUT2D eigenvalue weighted by molar-refractivity contribution is 0.0932. The fourth-order valence-electron chi connectivity index (χ4n) is 3.66. The molecule has 0 saturated carbocycles. The second-order valence-corrected chi connectivity index (χ2v) is 7.10. The summed E-state index contributed by atoms with van der Waals surface area (Å²) in [5, 5.41) is 2.85. The molecule has 4 rings (SSSR count). The number of carbonyl (C=O) groups excluding carboxylic acids is 1. The highest BCUT2D eigenvalue weighted by Gasteiger charge is 2.29. The predicted molar refractivity (Wildman–Crippen MR) is 113 cm³/mol. The van der Waals surface area contributed by atoms with E-state index in [1.54, 1.807) is 13.2 Å². The van der Waals surface area contributed by atoms with Gasteiger partial charge in [0.15, 0.2) is 5.82 Å². The number of amides is 1. The number of benzene rings is 2. The normalized spacial score (nSPS) is 15.2. The van der Waals surface area contributed by atoms with Crippen LogP contribution >= 0.6 is 0 Å². The van der Waals surface area contributed by atoms with E-state index in [4.69, 9.17) is 9.72 Å². The Morgan fingerprint density at radius 1 is 1.14 bits per heavy atom. The molecule has 2 heterocycles. The summed E-state index contributed by atoms with van der Waals surface area (Å²) < 4.78 is 5.02. The predicted octanol–water partition coefficient (Wildman–Crippen LogP) is 3.60. The van der Waals surface area contributed by atoms with E-state index in [1.165, 1.54) is 5.56 Å². The van der Waals surface area contributed by atoms with Gasteiger partial charge in [-0.05, 0) is 25.0 Å². The molecule has 29 heavy (non-hydrogen) atoms. The number of hydrogen-bond donors (Lipinski definition) is 1. The zero-order valence-corrected chi connectivity index (χ0v) is 16.6. The molecule has 0 saturated heterocycles. The van der Waals surface area contributed by atoms with Gasteiger partial charge in [-0.2, -0.15) is 0 Å². The molecular formula is C23H24N4O2. The molecule has 0 bridgehead atoms. The fraction of sp³-hybridized carbons (Fsp3) is 0.261. The maximum Gasteiger partial charge on any atom is 0.270 e. The Kier molecular flexibility index (Phi) is 5.53.